The van der Waals surface area contributed by atoms with Gasteiger partial charge in [-0.2, -0.15) is 0 Å². The lowest BCUT2D eigenvalue weighted by molar-refractivity contribution is -0.142. The molecule has 0 amide bonds. The number of benzene rings is 3. The molecular formula is C26H25NO4. The predicted molar refractivity (Wildman–Crippen MR) is 121 cm³/mol. The van der Waals surface area contributed by atoms with E-state index in [1.165, 1.54) is 0 Å². The Bertz CT molecular complexity index is 1190. The van der Waals surface area contributed by atoms with Crippen LogP contribution >= 0.6 is 0 Å². The fourth-order valence-electron chi connectivity index (χ4n) is 3.63. The number of hydrogen-bond acceptors (Lipinski definition) is 5. The van der Waals surface area contributed by atoms with E-state index in [4.69, 9.17) is 19.6 Å². The summed E-state index contributed by atoms with van der Waals surface area (Å²) in [5.41, 5.74) is 11.5. The summed E-state index contributed by atoms with van der Waals surface area (Å²) in [6.07, 6.45) is 1.91. The number of hydrogen-bond donors (Lipinski definition) is 1. The van der Waals surface area contributed by atoms with Gasteiger partial charge < -0.3 is 19.6 Å². The summed E-state index contributed by atoms with van der Waals surface area (Å²) in [5.74, 6) is 0.397. The molecule has 0 fully saturated rings. The second-order valence-corrected chi connectivity index (χ2v) is 7.23. The zero-order valence-electron chi connectivity index (χ0n) is 17.5. The standard InChI is InChI=1S/C26H25NO4/c1-2-29-25(28)14-20-8-3-4-12-24(20)30-16-21-17-31-26-22(10-6-11-23(21)26)19-9-5-7-18(13-19)15-27/h3-13,17H,2,14-16,27H2,1H3. The van der Waals surface area contributed by atoms with Gasteiger partial charge in [0, 0.05) is 28.6 Å². The number of esters is 1. The minimum atomic E-state index is -0.267. The van der Waals surface area contributed by atoms with E-state index in [0.717, 1.165) is 38.8 Å². The van der Waals surface area contributed by atoms with Gasteiger partial charge in [0.05, 0.1) is 19.3 Å². The highest BCUT2D eigenvalue weighted by molar-refractivity contribution is 5.94. The van der Waals surface area contributed by atoms with Gasteiger partial charge in [-0.05, 0) is 30.2 Å². The first-order valence-electron chi connectivity index (χ1n) is 10.3. The SMILES string of the molecule is CCOC(=O)Cc1ccccc1OCc1coc2c(-c3cccc(CN)c3)cccc12. The van der Waals surface area contributed by atoms with E-state index in [1.807, 2.05) is 54.6 Å². The monoisotopic (exact) mass is 415 g/mol. The summed E-state index contributed by atoms with van der Waals surface area (Å²) < 4.78 is 17.1. The molecule has 3 aromatic carbocycles. The van der Waals surface area contributed by atoms with Crippen LogP contribution in [-0.2, 0) is 29.1 Å². The summed E-state index contributed by atoms with van der Waals surface area (Å²) in [6, 6.07) is 21.7. The molecule has 0 spiro atoms. The van der Waals surface area contributed by atoms with Crippen molar-refractivity contribution in [3.8, 4) is 16.9 Å². The Hall–Kier alpha value is -3.57. The molecule has 0 bridgehead atoms. The van der Waals surface area contributed by atoms with Crippen LogP contribution < -0.4 is 10.5 Å². The molecule has 0 aliphatic rings. The van der Waals surface area contributed by atoms with Gasteiger partial charge >= 0.3 is 5.97 Å². The normalized spacial score (nSPS) is 10.9. The average Bonchev–Trinajstić information content (AvgIpc) is 3.22. The third kappa shape index (κ3) is 4.62. The van der Waals surface area contributed by atoms with Crippen molar-refractivity contribution < 1.29 is 18.7 Å². The Balaban J connectivity index is 1.58. The number of fused-ring (bicyclic) bond motifs is 1. The van der Waals surface area contributed by atoms with Crippen molar-refractivity contribution in [1.29, 1.82) is 0 Å². The number of nitrogens with two attached hydrogens (primary N) is 1. The first-order chi connectivity index (χ1) is 15.2. The third-order valence-electron chi connectivity index (χ3n) is 5.15. The summed E-state index contributed by atoms with van der Waals surface area (Å²) in [5, 5.41) is 0.999. The topological polar surface area (TPSA) is 74.7 Å². The summed E-state index contributed by atoms with van der Waals surface area (Å²) >= 11 is 0. The summed E-state index contributed by atoms with van der Waals surface area (Å²) in [4.78, 5) is 11.9. The number of rotatable bonds is 8. The predicted octanol–water partition coefficient (Wildman–Crippen LogP) is 5.24. The zero-order chi connectivity index (χ0) is 21.6. The lowest BCUT2D eigenvalue weighted by atomic mass is 10.0. The highest BCUT2D eigenvalue weighted by Gasteiger charge is 2.14. The number of para-hydroxylation sites is 2. The average molecular weight is 415 g/mol. The number of carbonyl (C=O) groups is 1. The molecule has 0 atom stereocenters. The second-order valence-electron chi connectivity index (χ2n) is 7.23. The minimum absolute atomic E-state index is 0.178. The van der Waals surface area contributed by atoms with Crippen molar-refractivity contribution in [2.75, 3.05) is 6.61 Å². The Morgan fingerprint density at radius 2 is 1.84 bits per heavy atom. The van der Waals surface area contributed by atoms with Crippen LogP contribution in [0.5, 0.6) is 5.75 Å². The molecule has 4 rings (SSSR count). The lowest BCUT2D eigenvalue weighted by Gasteiger charge is -2.11. The highest BCUT2D eigenvalue weighted by Crippen LogP contribution is 2.33. The Kier molecular flexibility index (Phi) is 6.34. The van der Waals surface area contributed by atoms with Gasteiger partial charge in [0.1, 0.15) is 17.9 Å². The Labute approximate surface area is 181 Å². The maximum atomic E-state index is 11.9. The van der Waals surface area contributed by atoms with E-state index < -0.39 is 0 Å². The van der Waals surface area contributed by atoms with Crippen molar-refractivity contribution in [1.82, 2.24) is 0 Å². The quantitative estimate of drug-likeness (QED) is 0.398. The van der Waals surface area contributed by atoms with Gasteiger partial charge in [-0.1, -0.05) is 54.6 Å². The van der Waals surface area contributed by atoms with Crippen LogP contribution in [0.4, 0.5) is 0 Å². The van der Waals surface area contributed by atoms with E-state index in [-0.39, 0.29) is 12.4 Å². The second kappa shape index (κ2) is 9.49. The largest absolute Gasteiger partial charge is 0.488 e. The number of carbonyl (C=O) groups excluding carboxylic acids is 1. The van der Waals surface area contributed by atoms with Crippen molar-refractivity contribution >= 4 is 16.9 Å². The highest BCUT2D eigenvalue weighted by atomic mass is 16.5. The molecule has 0 aliphatic heterocycles. The first kappa shape index (κ1) is 20.7. The molecule has 4 aromatic rings. The molecule has 0 saturated heterocycles. The molecule has 2 N–H and O–H groups in total. The molecule has 31 heavy (non-hydrogen) atoms. The first-order valence-corrected chi connectivity index (χ1v) is 10.3. The fourth-order valence-corrected chi connectivity index (χ4v) is 3.63. The van der Waals surface area contributed by atoms with Gasteiger partial charge in [0.15, 0.2) is 0 Å². The molecule has 0 unspecified atom stereocenters. The van der Waals surface area contributed by atoms with Crippen LogP contribution in [0, 0.1) is 0 Å². The molecule has 158 valence electrons. The van der Waals surface area contributed by atoms with E-state index in [9.17, 15) is 4.79 Å². The molecule has 5 nitrogen and oxygen atoms in total. The third-order valence-corrected chi connectivity index (χ3v) is 5.15. The van der Waals surface area contributed by atoms with Crippen LogP contribution in [0.1, 0.15) is 23.6 Å². The summed E-state index contributed by atoms with van der Waals surface area (Å²) in [7, 11) is 0. The van der Waals surface area contributed by atoms with E-state index in [1.54, 1.807) is 13.2 Å². The number of ether oxygens (including phenoxy) is 2. The van der Waals surface area contributed by atoms with Crippen LogP contribution in [0.15, 0.2) is 77.4 Å². The van der Waals surface area contributed by atoms with Gasteiger partial charge in [-0.25, -0.2) is 0 Å². The van der Waals surface area contributed by atoms with Gasteiger partial charge in [0.2, 0.25) is 0 Å². The van der Waals surface area contributed by atoms with Crippen molar-refractivity contribution in [2.45, 2.75) is 26.5 Å². The van der Waals surface area contributed by atoms with Crippen molar-refractivity contribution in [2.24, 2.45) is 5.73 Å². The van der Waals surface area contributed by atoms with Crippen LogP contribution in [-0.4, -0.2) is 12.6 Å². The molecule has 0 saturated carbocycles. The van der Waals surface area contributed by atoms with Crippen LogP contribution in [0.2, 0.25) is 0 Å². The van der Waals surface area contributed by atoms with E-state index in [0.29, 0.717) is 25.5 Å². The summed E-state index contributed by atoms with van der Waals surface area (Å²) in [6.45, 7) is 2.98. The maximum Gasteiger partial charge on any atom is 0.310 e. The zero-order valence-corrected chi connectivity index (χ0v) is 17.5. The maximum absolute atomic E-state index is 11.9. The smallest absolute Gasteiger partial charge is 0.310 e. The van der Waals surface area contributed by atoms with Gasteiger partial charge in [0.25, 0.3) is 0 Å². The molecular weight excluding hydrogens is 390 g/mol. The molecule has 1 aromatic heterocycles. The fraction of sp³-hybridized carbons (Fsp3) is 0.192. The minimum Gasteiger partial charge on any atom is -0.488 e. The molecule has 0 aliphatic carbocycles. The number of furan rings is 1. The van der Waals surface area contributed by atoms with Gasteiger partial charge in [-0.15, -0.1) is 0 Å². The van der Waals surface area contributed by atoms with Crippen LogP contribution in [0.3, 0.4) is 0 Å². The van der Waals surface area contributed by atoms with E-state index >= 15 is 0 Å². The molecule has 0 radical (unpaired) electrons. The van der Waals surface area contributed by atoms with Crippen molar-refractivity contribution in [3.05, 3.63) is 89.7 Å². The Morgan fingerprint density at radius 1 is 1.00 bits per heavy atom. The van der Waals surface area contributed by atoms with Gasteiger partial charge in [-0.3, -0.25) is 4.79 Å². The molecule has 5 heteroatoms. The lowest BCUT2D eigenvalue weighted by Crippen LogP contribution is -2.09. The van der Waals surface area contributed by atoms with E-state index in [2.05, 4.69) is 12.1 Å². The van der Waals surface area contributed by atoms with Crippen LogP contribution in [0.25, 0.3) is 22.1 Å². The Morgan fingerprint density at radius 3 is 2.68 bits per heavy atom. The van der Waals surface area contributed by atoms with Crippen molar-refractivity contribution in [3.63, 3.8) is 0 Å². The molecule has 1 heterocycles.